The van der Waals surface area contributed by atoms with Gasteiger partial charge in [0.15, 0.2) is 0 Å². The average molecular weight is 444 g/mol. The van der Waals surface area contributed by atoms with E-state index in [-0.39, 0.29) is 12.1 Å². The molecule has 0 spiro atoms. The quantitative estimate of drug-likeness (QED) is 0.631. The van der Waals surface area contributed by atoms with Crippen molar-refractivity contribution in [1.29, 1.82) is 0 Å². The minimum atomic E-state index is -0.918. The summed E-state index contributed by atoms with van der Waals surface area (Å²) in [5, 5.41) is 11.9. The predicted octanol–water partition coefficient (Wildman–Crippen LogP) is 3.12. The fourth-order valence-electron chi connectivity index (χ4n) is 4.21. The van der Waals surface area contributed by atoms with Crippen LogP contribution in [-0.2, 0) is 13.1 Å². The second kappa shape index (κ2) is 8.61. The Morgan fingerprint density at radius 2 is 1.94 bits per heavy atom. The lowest BCUT2D eigenvalue weighted by Crippen LogP contribution is -2.47. The predicted molar refractivity (Wildman–Crippen MR) is 122 cm³/mol. The molecule has 8 heteroatoms. The first-order valence-electron chi connectivity index (χ1n) is 10.4. The second-order valence-electron chi connectivity index (χ2n) is 8.32. The molecule has 0 saturated carbocycles. The summed E-state index contributed by atoms with van der Waals surface area (Å²) in [5.41, 5.74) is 1.09. The maximum absolute atomic E-state index is 13.0. The fraction of sp³-hybridized carbons (Fsp3) is 0.478. The van der Waals surface area contributed by atoms with Crippen LogP contribution in [0.2, 0.25) is 0 Å². The normalized spacial score (nSPS) is 16.5. The highest BCUT2D eigenvalue weighted by Gasteiger charge is 2.33. The topological polar surface area (TPSA) is 76.8 Å². The van der Waals surface area contributed by atoms with Crippen molar-refractivity contribution in [3.63, 3.8) is 0 Å². The molecule has 4 rings (SSSR count). The van der Waals surface area contributed by atoms with Crippen molar-refractivity contribution in [3.8, 4) is 11.5 Å². The second-order valence-corrected chi connectivity index (χ2v) is 9.52. The zero-order chi connectivity index (χ0) is 22.2. The number of piperidine rings is 1. The Hall–Kier alpha value is -2.42. The molecule has 3 aromatic rings. The third kappa shape index (κ3) is 4.33. The molecule has 1 saturated heterocycles. The summed E-state index contributed by atoms with van der Waals surface area (Å²) in [4.78, 5) is 21.6. The van der Waals surface area contributed by atoms with Gasteiger partial charge in [-0.05, 0) is 38.3 Å². The number of benzene rings is 1. The summed E-state index contributed by atoms with van der Waals surface area (Å²) in [5.74, 6) is 1.56. The summed E-state index contributed by atoms with van der Waals surface area (Å²) in [7, 11) is 3.30. The van der Waals surface area contributed by atoms with Gasteiger partial charge in [0.2, 0.25) is 0 Å². The number of hydrogen-bond acceptors (Lipinski definition) is 7. The van der Waals surface area contributed by atoms with Crippen molar-refractivity contribution in [3.05, 3.63) is 50.9 Å². The molecule has 7 nitrogen and oxygen atoms in total. The molecule has 0 atom stereocenters. The number of ether oxygens (including phenoxy) is 2. The van der Waals surface area contributed by atoms with Gasteiger partial charge in [-0.1, -0.05) is 6.07 Å². The molecule has 1 aromatic carbocycles. The van der Waals surface area contributed by atoms with Crippen molar-refractivity contribution in [1.82, 2.24) is 14.5 Å². The number of fused-ring (bicyclic) bond motifs is 1. The summed E-state index contributed by atoms with van der Waals surface area (Å²) in [6.07, 6.45) is 2.77. The molecule has 0 unspecified atom stereocenters. The third-order valence-electron chi connectivity index (χ3n) is 6.30. The molecule has 0 radical (unpaired) electrons. The van der Waals surface area contributed by atoms with Crippen LogP contribution in [0.4, 0.5) is 0 Å². The standard InChI is InChI=1S/C23H29N3O4S/c1-15-16(2)31-21-20(15)22(27)26(14-24-21)13-23(28)7-9-25(10-8-23)12-17-5-6-18(29-3)11-19(17)30-4/h5-6,11,14,28H,7-10,12-13H2,1-4H3. The zero-order valence-corrected chi connectivity index (χ0v) is 19.3. The van der Waals surface area contributed by atoms with Crippen LogP contribution in [0.25, 0.3) is 10.2 Å². The molecular formula is C23H29N3O4S. The number of methoxy groups -OCH3 is 2. The van der Waals surface area contributed by atoms with Crippen LogP contribution >= 0.6 is 11.3 Å². The Balaban J connectivity index is 1.45. The summed E-state index contributed by atoms with van der Waals surface area (Å²) in [6.45, 7) is 6.46. The van der Waals surface area contributed by atoms with Crippen LogP contribution < -0.4 is 15.0 Å². The van der Waals surface area contributed by atoms with Crippen LogP contribution in [0.1, 0.15) is 28.8 Å². The van der Waals surface area contributed by atoms with E-state index in [1.54, 1.807) is 36.5 Å². The number of aromatic nitrogens is 2. The first-order chi connectivity index (χ1) is 14.8. The average Bonchev–Trinajstić information content (AvgIpc) is 3.06. The minimum Gasteiger partial charge on any atom is -0.497 e. The lowest BCUT2D eigenvalue weighted by molar-refractivity contribution is -0.0365. The van der Waals surface area contributed by atoms with E-state index in [4.69, 9.17) is 9.47 Å². The number of likely N-dealkylation sites (tertiary alicyclic amines) is 1. The van der Waals surface area contributed by atoms with E-state index in [9.17, 15) is 9.90 Å². The Morgan fingerprint density at radius 3 is 2.61 bits per heavy atom. The lowest BCUT2D eigenvalue weighted by Gasteiger charge is -2.38. The molecular weight excluding hydrogens is 414 g/mol. The molecule has 1 fully saturated rings. The van der Waals surface area contributed by atoms with Crippen molar-refractivity contribution < 1.29 is 14.6 Å². The Labute approximate surface area is 185 Å². The molecule has 1 N–H and O–H groups in total. The molecule has 3 heterocycles. The van der Waals surface area contributed by atoms with E-state index in [2.05, 4.69) is 9.88 Å². The molecule has 31 heavy (non-hydrogen) atoms. The monoisotopic (exact) mass is 443 g/mol. The van der Waals surface area contributed by atoms with Crippen LogP contribution in [0.5, 0.6) is 11.5 Å². The van der Waals surface area contributed by atoms with Crippen LogP contribution in [0.15, 0.2) is 29.3 Å². The van der Waals surface area contributed by atoms with Crippen LogP contribution in [0, 0.1) is 13.8 Å². The van der Waals surface area contributed by atoms with Crippen molar-refractivity contribution in [2.75, 3.05) is 27.3 Å². The van der Waals surface area contributed by atoms with E-state index in [0.29, 0.717) is 18.2 Å². The number of hydrogen-bond donors (Lipinski definition) is 1. The van der Waals surface area contributed by atoms with Gasteiger partial charge in [-0.3, -0.25) is 14.3 Å². The summed E-state index contributed by atoms with van der Waals surface area (Å²) >= 11 is 1.54. The number of aliphatic hydroxyl groups is 1. The maximum atomic E-state index is 13.0. The molecule has 166 valence electrons. The van der Waals surface area contributed by atoms with Crippen molar-refractivity contribution in [2.24, 2.45) is 0 Å². The van der Waals surface area contributed by atoms with Gasteiger partial charge in [0.1, 0.15) is 16.3 Å². The van der Waals surface area contributed by atoms with Gasteiger partial charge >= 0.3 is 0 Å². The van der Waals surface area contributed by atoms with Gasteiger partial charge in [0, 0.05) is 36.1 Å². The summed E-state index contributed by atoms with van der Waals surface area (Å²) < 4.78 is 12.4. The van der Waals surface area contributed by atoms with Gasteiger partial charge in [0.05, 0.1) is 38.1 Å². The summed E-state index contributed by atoms with van der Waals surface area (Å²) in [6, 6.07) is 5.84. The van der Waals surface area contributed by atoms with E-state index < -0.39 is 5.60 Å². The third-order valence-corrected chi connectivity index (χ3v) is 7.41. The molecule has 2 aromatic heterocycles. The van der Waals surface area contributed by atoms with E-state index in [1.165, 1.54) is 0 Å². The van der Waals surface area contributed by atoms with Gasteiger partial charge in [-0.25, -0.2) is 4.98 Å². The Bertz CT molecular complexity index is 1150. The van der Waals surface area contributed by atoms with Gasteiger partial charge in [-0.2, -0.15) is 0 Å². The van der Waals surface area contributed by atoms with Gasteiger partial charge in [0.25, 0.3) is 5.56 Å². The highest BCUT2D eigenvalue weighted by molar-refractivity contribution is 7.18. The number of nitrogens with zero attached hydrogens (tertiary/aromatic N) is 3. The first kappa shape index (κ1) is 21.8. The van der Waals surface area contributed by atoms with Crippen molar-refractivity contribution >= 4 is 21.6 Å². The molecule has 1 aliphatic rings. The largest absolute Gasteiger partial charge is 0.497 e. The molecule has 0 amide bonds. The highest BCUT2D eigenvalue weighted by atomic mass is 32.1. The number of rotatable bonds is 6. The Morgan fingerprint density at radius 1 is 1.19 bits per heavy atom. The smallest absolute Gasteiger partial charge is 0.262 e. The lowest BCUT2D eigenvalue weighted by atomic mass is 9.91. The Kier molecular flexibility index (Phi) is 6.05. The SMILES string of the molecule is COc1ccc(CN2CCC(O)(Cn3cnc4sc(C)c(C)c4c3=O)CC2)c(OC)c1. The van der Waals surface area contributed by atoms with E-state index >= 15 is 0 Å². The first-order valence-corrected chi connectivity index (χ1v) is 11.3. The maximum Gasteiger partial charge on any atom is 0.262 e. The highest BCUT2D eigenvalue weighted by Crippen LogP contribution is 2.30. The van der Waals surface area contributed by atoms with Gasteiger partial charge < -0.3 is 14.6 Å². The van der Waals surface area contributed by atoms with E-state index in [1.807, 2.05) is 32.0 Å². The van der Waals surface area contributed by atoms with Gasteiger partial charge in [-0.15, -0.1) is 11.3 Å². The van der Waals surface area contributed by atoms with Crippen LogP contribution in [0.3, 0.4) is 0 Å². The molecule has 1 aliphatic heterocycles. The number of thiophene rings is 1. The van der Waals surface area contributed by atoms with Crippen molar-refractivity contribution in [2.45, 2.75) is 45.4 Å². The number of aryl methyl sites for hydroxylation is 2. The molecule has 0 bridgehead atoms. The van der Waals surface area contributed by atoms with Crippen LogP contribution in [-0.4, -0.2) is 52.5 Å². The zero-order valence-electron chi connectivity index (χ0n) is 18.5. The molecule has 0 aliphatic carbocycles. The minimum absolute atomic E-state index is 0.0642. The fourth-order valence-corrected chi connectivity index (χ4v) is 5.20. The van der Waals surface area contributed by atoms with E-state index in [0.717, 1.165) is 52.0 Å².